The van der Waals surface area contributed by atoms with Gasteiger partial charge in [-0.25, -0.2) is 0 Å². The Hall–Kier alpha value is -2.72. The fourth-order valence-electron chi connectivity index (χ4n) is 3.87. The van der Waals surface area contributed by atoms with Crippen LogP contribution in [0, 0.1) is 0 Å². The minimum Gasteiger partial charge on any atom is -0.376 e. The van der Waals surface area contributed by atoms with Crippen LogP contribution in [0.3, 0.4) is 0 Å². The second-order valence-electron chi connectivity index (χ2n) is 7.99. The lowest BCUT2D eigenvalue weighted by atomic mass is 9.99. The Kier molecular flexibility index (Phi) is 9.45. The maximum Gasteiger partial charge on any atom is 0.416 e. The molecule has 1 fully saturated rings. The monoisotopic (exact) mass is 493 g/mol. The summed E-state index contributed by atoms with van der Waals surface area (Å²) in [5.74, 6) is 0. The van der Waals surface area contributed by atoms with Crippen LogP contribution in [0.1, 0.15) is 36.1 Å². The number of halogens is 3. The van der Waals surface area contributed by atoms with Crippen molar-refractivity contribution in [3.63, 3.8) is 0 Å². The molecule has 0 N–H and O–H groups in total. The van der Waals surface area contributed by atoms with Gasteiger partial charge in [-0.3, -0.25) is 0 Å². The molecule has 0 saturated carbocycles. The maximum absolute atomic E-state index is 12.9. The molecule has 190 valence electrons. The first kappa shape index (κ1) is 26.9. The SMILES string of the molecule is CCO[C@@H]1[C@H](OC)[C@H](ON=Cc2ccc(C=Cc3cccc(C(F)(F)F)c3)cc2)O[C@@H](C)[C@@H]1OC. The van der Waals surface area contributed by atoms with Gasteiger partial charge in [0.05, 0.1) is 17.9 Å². The van der Waals surface area contributed by atoms with Crippen LogP contribution >= 0.6 is 0 Å². The molecule has 0 radical (unpaired) electrons. The van der Waals surface area contributed by atoms with Crippen LogP contribution in [-0.4, -0.2) is 57.7 Å². The molecule has 1 aliphatic heterocycles. The van der Waals surface area contributed by atoms with Crippen LogP contribution in [-0.2, 0) is 30.0 Å². The molecule has 5 atom stereocenters. The third-order valence-corrected chi connectivity index (χ3v) is 5.62. The van der Waals surface area contributed by atoms with Crippen LogP contribution < -0.4 is 0 Å². The van der Waals surface area contributed by atoms with Crippen molar-refractivity contribution >= 4 is 18.4 Å². The number of alkyl halides is 3. The van der Waals surface area contributed by atoms with Gasteiger partial charge in [0, 0.05) is 20.8 Å². The van der Waals surface area contributed by atoms with Crippen LogP contribution in [0.5, 0.6) is 0 Å². The van der Waals surface area contributed by atoms with Gasteiger partial charge in [-0.15, -0.1) is 0 Å². The summed E-state index contributed by atoms with van der Waals surface area (Å²) in [4.78, 5) is 5.59. The molecule has 2 aromatic rings. The summed E-state index contributed by atoms with van der Waals surface area (Å²) in [6.45, 7) is 4.26. The van der Waals surface area contributed by atoms with E-state index in [1.165, 1.54) is 6.07 Å². The molecule has 0 amide bonds. The van der Waals surface area contributed by atoms with Crippen molar-refractivity contribution in [1.82, 2.24) is 0 Å². The molecule has 1 heterocycles. The zero-order chi connectivity index (χ0) is 25.4. The molecule has 1 saturated heterocycles. The summed E-state index contributed by atoms with van der Waals surface area (Å²) in [5, 5.41) is 4.05. The minimum absolute atomic E-state index is 0.286. The Morgan fingerprint density at radius 2 is 1.57 bits per heavy atom. The van der Waals surface area contributed by atoms with Gasteiger partial charge in [0.2, 0.25) is 0 Å². The van der Waals surface area contributed by atoms with Gasteiger partial charge in [0.15, 0.2) is 6.10 Å². The third-order valence-electron chi connectivity index (χ3n) is 5.62. The van der Waals surface area contributed by atoms with Crippen molar-refractivity contribution < 1.29 is 37.0 Å². The van der Waals surface area contributed by atoms with Crippen molar-refractivity contribution in [2.45, 2.75) is 50.7 Å². The quantitative estimate of drug-likeness (QED) is 0.266. The van der Waals surface area contributed by atoms with Gasteiger partial charge in [0.1, 0.15) is 12.2 Å². The zero-order valence-corrected chi connectivity index (χ0v) is 20.1. The average molecular weight is 494 g/mol. The highest BCUT2D eigenvalue weighted by Crippen LogP contribution is 2.30. The van der Waals surface area contributed by atoms with E-state index in [9.17, 15) is 13.2 Å². The predicted molar refractivity (Wildman–Crippen MR) is 127 cm³/mol. The molecule has 0 spiro atoms. The molecule has 6 nitrogen and oxygen atoms in total. The van der Waals surface area contributed by atoms with E-state index in [1.807, 2.05) is 38.1 Å². The Morgan fingerprint density at radius 3 is 2.20 bits per heavy atom. The smallest absolute Gasteiger partial charge is 0.376 e. The summed E-state index contributed by atoms with van der Waals surface area (Å²) in [6, 6.07) is 12.5. The van der Waals surface area contributed by atoms with E-state index < -0.39 is 24.1 Å². The fourth-order valence-corrected chi connectivity index (χ4v) is 3.87. The highest BCUT2D eigenvalue weighted by molar-refractivity contribution is 5.80. The van der Waals surface area contributed by atoms with Crippen LogP contribution in [0.4, 0.5) is 13.2 Å². The number of rotatable bonds is 9. The van der Waals surface area contributed by atoms with Gasteiger partial charge >= 0.3 is 6.18 Å². The maximum atomic E-state index is 12.9. The molecule has 2 aromatic carbocycles. The molecule has 1 aliphatic rings. The molecule has 9 heteroatoms. The topological polar surface area (TPSA) is 58.5 Å². The number of ether oxygens (including phenoxy) is 4. The minimum atomic E-state index is -4.37. The lowest BCUT2D eigenvalue weighted by molar-refractivity contribution is -0.308. The Morgan fingerprint density at radius 1 is 0.914 bits per heavy atom. The van der Waals surface area contributed by atoms with Gasteiger partial charge < -0.3 is 23.8 Å². The Bertz CT molecular complexity index is 993. The van der Waals surface area contributed by atoms with Gasteiger partial charge in [-0.2, -0.15) is 13.2 Å². The molecule has 3 rings (SSSR count). The van der Waals surface area contributed by atoms with E-state index >= 15 is 0 Å². The lowest BCUT2D eigenvalue weighted by Crippen LogP contribution is -2.59. The molecule has 0 bridgehead atoms. The summed E-state index contributed by atoms with van der Waals surface area (Å²) in [6.07, 6.45) is -1.72. The Balaban J connectivity index is 1.62. The van der Waals surface area contributed by atoms with Crippen molar-refractivity contribution in [3.8, 4) is 0 Å². The first-order valence-corrected chi connectivity index (χ1v) is 11.2. The number of benzene rings is 2. The van der Waals surface area contributed by atoms with E-state index in [-0.39, 0.29) is 18.3 Å². The first-order chi connectivity index (χ1) is 16.8. The lowest BCUT2D eigenvalue weighted by Gasteiger charge is -2.42. The van der Waals surface area contributed by atoms with Crippen LogP contribution in [0.15, 0.2) is 53.7 Å². The van der Waals surface area contributed by atoms with Crippen LogP contribution in [0.25, 0.3) is 12.2 Å². The number of oxime groups is 1. The second kappa shape index (κ2) is 12.3. The van der Waals surface area contributed by atoms with Gasteiger partial charge in [-0.05, 0) is 42.7 Å². The zero-order valence-electron chi connectivity index (χ0n) is 20.1. The van der Waals surface area contributed by atoms with Crippen molar-refractivity contribution in [3.05, 3.63) is 70.8 Å². The standard InChI is InChI=1S/C26H30F3NO5/c1-5-33-23-22(31-3)17(2)34-25(24(23)32-4)35-30-16-20-13-10-18(11-14-20)9-12-19-7-6-8-21(15-19)26(27,28)29/h6-17,22-25H,5H2,1-4H3/t17-,22-,23-,24-,25-/m0/s1. The normalized spacial score (nSPS) is 25.4. The summed E-state index contributed by atoms with van der Waals surface area (Å²) >= 11 is 0. The van der Waals surface area contributed by atoms with Gasteiger partial charge in [-0.1, -0.05) is 53.7 Å². The van der Waals surface area contributed by atoms with E-state index in [2.05, 4.69) is 5.16 Å². The molecular weight excluding hydrogens is 463 g/mol. The third kappa shape index (κ3) is 7.14. The highest BCUT2D eigenvalue weighted by atomic mass is 19.4. The first-order valence-electron chi connectivity index (χ1n) is 11.2. The average Bonchev–Trinajstić information content (AvgIpc) is 2.83. The second-order valence-corrected chi connectivity index (χ2v) is 7.99. The molecule has 0 aromatic heterocycles. The number of nitrogens with zero attached hydrogens (tertiary/aromatic N) is 1. The molecule has 35 heavy (non-hydrogen) atoms. The molecular formula is C26H30F3NO5. The molecule has 0 aliphatic carbocycles. The van der Waals surface area contributed by atoms with Crippen LogP contribution in [0.2, 0.25) is 0 Å². The summed E-state index contributed by atoms with van der Waals surface area (Å²) < 4.78 is 61.4. The summed E-state index contributed by atoms with van der Waals surface area (Å²) in [5.41, 5.74) is 1.39. The Labute approximate surface area is 203 Å². The van der Waals surface area contributed by atoms with Crippen molar-refractivity contribution in [2.75, 3.05) is 20.8 Å². The predicted octanol–water partition coefficient (Wildman–Crippen LogP) is 5.41. The molecule has 0 unspecified atom stereocenters. The summed E-state index contributed by atoms with van der Waals surface area (Å²) in [7, 11) is 3.15. The van der Waals surface area contributed by atoms with E-state index in [0.717, 1.165) is 23.3 Å². The van der Waals surface area contributed by atoms with E-state index in [1.54, 1.807) is 38.7 Å². The number of hydrogen-bond acceptors (Lipinski definition) is 6. The van der Waals surface area contributed by atoms with E-state index in [0.29, 0.717) is 12.2 Å². The van der Waals surface area contributed by atoms with E-state index in [4.69, 9.17) is 23.8 Å². The fraction of sp³-hybridized carbons (Fsp3) is 0.423. The van der Waals surface area contributed by atoms with Gasteiger partial charge in [0.25, 0.3) is 6.29 Å². The number of hydrogen-bond donors (Lipinski definition) is 0. The van der Waals surface area contributed by atoms with Crippen molar-refractivity contribution in [1.29, 1.82) is 0 Å². The highest BCUT2D eigenvalue weighted by Gasteiger charge is 2.47. The number of methoxy groups -OCH3 is 2. The largest absolute Gasteiger partial charge is 0.416 e. The van der Waals surface area contributed by atoms with Crippen molar-refractivity contribution in [2.24, 2.45) is 5.16 Å².